The van der Waals surface area contributed by atoms with Crippen LogP contribution in [0, 0.1) is 6.92 Å². The zero-order chi connectivity index (χ0) is 21.6. The van der Waals surface area contributed by atoms with E-state index in [0.717, 1.165) is 34.4 Å². The van der Waals surface area contributed by atoms with Gasteiger partial charge in [-0.05, 0) is 49.4 Å². The summed E-state index contributed by atoms with van der Waals surface area (Å²) in [6, 6.07) is 10.0. The second kappa shape index (κ2) is 7.17. The predicted octanol–water partition coefficient (Wildman–Crippen LogP) is 3.57. The van der Waals surface area contributed by atoms with Crippen LogP contribution in [-0.4, -0.2) is 38.3 Å². The third-order valence-electron chi connectivity index (χ3n) is 5.12. The minimum atomic E-state index is -4.41. The highest BCUT2D eigenvalue weighted by Gasteiger charge is 2.30. The molecule has 0 aliphatic heterocycles. The number of aliphatic hydroxyl groups excluding tert-OH is 1. The summed E-state index contributed by atoms with van der Waals surface area (Å²) in [5.74, 6) is 0.415. The van der Waals surface area contributed by atoms with E-state index < -0.39 is 11.7 Å². The molecule has 0 fully saturated rings. The Morgan fingerprint density at radius 3 is 2.50 bits per heavy atom. The summed E-state index contributed by atoms with van der Waals surface area (Å²) >= 11 is 0. The highest BCUT2D eigenvalue weighted by atomic mass is 19.4. The van der Waals surface area contributed by atoms with Crippen LogP contribution in [0.3, 0.4) is 0 Å². The van der Waals surface area contributed by atoms with Gasteiger partial charge in [-0.3, -0.25) is 9.36 Å². The molecule has 4 rings (SSSR count). The van der Waals surface area contributed by atoms with Gasteiger partial charge in [-0.25, -0.2) is 4.98 Å². The molecule has 2 heterocycles. The van der Waals surface area contributed by atoms with Gasteiger partial charge in [0, 0.05) is 30.2 Å². The first-order chi connectivity index (χ1) is 14.2. The maximum atomic E-state index is 13.0. The van der Waals surface area contributed by atoms with Gasteiger partial charge in [0.05, 0.1) is 23.2 Å². The number of amides is 1. The summed E-state index contributed by atoms with van der Waals surface area (Å²) in [6.07, 6.45) is -4.41. The molecule has 0 atom stereocenters. The molecule has 1 amide bonds. The molecule has 0 saturated carbocycles. The van der Waals surface area contributed by atoms with Gasteiger partial charge >= 0.3 is 6.18 Å². The second-order valence-corrected chi connectivity index (χ2v) is 6.98. The molecule has 0 saturated heterocycles. The minimum Gasteiger partial charge on any atom is -0.395 e. The van der Waals surface area contributed by atoms with E-state index in [4.69, 9.17) is 5.11 Å². The molecule has 0 aliphatic carbocycles. The fraction of sp³-hybridized carbons (Fsp3) is 0.238. The molecule has 9 heteroatoms. The van der Waals surface area contributed by atoms with E-state index in [2.05, 4.69) is 10.3 Å². The minimum absolute atomic E-state index is 0.143. The van der Waals surface area contributed by atoms with Crippen molar-refractivity contribution < 1.29 is 23.1 Å². The van der Waals surface area contributed by atoms with Crippen LogP contribution >= 0.6 is 0 Å². The molecule has 2 aromatic heterocycles. The number of imidazole rings is 1. The number of nitrogens with one attached hydrogen (secondary N) is 1. The van der Waals surface area contributed by atoms with Crippen LogP contribution < -0.4 is 5.32 Å². The number of fused-ring (bicyclic) bond motifs is 3. The van der Waals surface area contributed by atoms with Gasteiger partial charge in [0.25, 0.3) is 5.91 Å². The van der Waals surface area contributed by atoms with Crippen molar-refractivity contribution >= 4 is 28.0 Å². The quantitative estimate of drug-likeness (QED) is 0.534. The molecule has 156 valence electrons. The summed E-state index contributed by atoms with van der Waals surface area (Å²) in [4.78, 5) is 16.9. The summed E-state index contributed by atoms with van der Waals surface area (Å²) in [5.41, 5.74) is 2.33. The number of halogens is 3. The van der Waals surface area contributed by atoms with Gasteiger partial charge in [0.15, 0.2) is 5.65 Å². The van der Waals surface area contributed by atoms with Crippen LogP contribution in [0.1, 0.15) is 21.7 Å². The number of aliphatic hydroxyl groups is 1. The van der Waals surface area contributed by atoms with Crippen LogP contribution in [0.5, 0.6) is 0 Å². The zero-order valence-corrected chi connectivity index (χ0v) is 16.3. The van der Waals surface area contributed by atoms with Gasteiger partial charge < -0.3 is 15.0 Å². The molecule has 0 unspecified atom stereocenters. The largest absolute Gasteiger partial charge is 0.416 e. The Morgan fingerprint density at radius 1 is 1.17 bits per heavy atom. The van der Waals surface area contributed by atoms with Crippen LogP contribution in [-0.2, 0) is 13.2 Å². The van der Waals surface area contributed by atoms with Crippen molar-refractivity contribution in [2.75, 3.05) is 13.2 Å². The van der Waals surface area contributed by atoms with Crippen LogP contribution in [0.25, 0.3) is 27.8 Å². The molecule has 0 radical (unpaired) electrons. The first-order valence-electron chi connectivity index (χ1n) is 9.26. The predicted molar refractivity (Wildman–Crippen MR) is 107 cm³/mol. The summed E-state index contributed by atoms with van der Waals surface area (Å²) in [5, 5.41) is 12.3. The topological polar surface area (TPSA) is 72.1 Å². The molecule has 4 aromatic rings. The normalized spacial score (nSPS) is 12.1. The van der Waals surface area contributed by atoms with E-state index in [1.165, 1.54) is 12.1 Å². The Morgan fingerprint density at radius 2 is 1.87 bits per heavy atom. The summed E-state index contributed by atoms with van der Waals surface area (Å²) < 4.78 is 42.5. The number of aromatic nitrogens is 3. The fourth-order valence-electron chi connectivity index (χ4n) is 3.56. The van der Waals surface area contributed by atoms with Crippen LogP contribution in [0.15, 0.2) is 42.5 Å². The number of rotatable bonds is 4. The number of aryl methyl sites for hydroxylation is 2. The Kier molecular flexibility index (Phi) is 4.77. The van der Waals surface area contributed by atoms with E-state index in [0.29, 0.717) is 16.9 Å². The van der Waals surface area contributed by atoms with E-state index in [1.807, 2.05) is 18.5 Å². The average Bonchev–Trinajstić information content (AvgIpc) is 3.18. The zero-order valence-electron chi connectivity index (χ0n) is 16.3. The highest BCUT2D eigenvalue weighted by molar-refractivity contribution is 6.09. The first kappa shape index (κ1) is 20.0. The van der Waals surface area contributed by atoms with Crippen molar-refractivity contribution in [2.24, 2.45) is 7.05 Å². The maximum Gasteiger partial charge on any atom is 0.416 e. The Hall–Kier alpha value is -3.33. The lowest BCUT2D eigenvalue weighted by molar-refractivity contribution is -0.137. The molecule has 2 N–H and O–H groups in total. The van der Waals surface area contributed by atoms with E-state index in [1.54, 1.807) is 22.8 Å². The molecular formula is C21H19F3N4O2. The summed E-state index contributed by atoms with van der Waals surface area (Å²) in [7, 11) is 1.85. The number of alkyl halides is 3. The molecular weight excluding hydrogens is 397 g/mol. The van der Waals surface area contributed by atoms with Crippen LogP contribution in [0.4, 0.5) is 13.2 Å². The SMILES string of the molecule is Cc1nc2c(c3cc(C(=O)NCCO)ccc3n2-c2ccc(C(F)(F)F)cc2)n1C. The van der Waals surface area contributed by atoms with Crippen LogP contribution in [0.2, 0.25) is 0 Å². The third-order valence-corrected chi connectivity index (χ3v) is 5.12. The lowest BCUT2D eigenvalue weighted by Gasteiger charge is -2.10. The molecule has 0 bridgehead atoms. The average molecular weight is 416 g/mol. The van der Waals surface area contributed by atoms with Crippen molar-refractivity contribution in [3.63, 3.8) is 0 Å². The van der Waals surface area contributed by atoms with Crippen molar-refractivity contribution in [2.45, 2.75) is 13.1 Å². The third kappa shape index (κ3) is 3.21. The van der Waals surface area contributed by atoms with Crippen molar-refractivity contribution in [1.82, 2.24) is 19.4 Å². The second-order valence-electron chi connectivity index (χ2n) is 6.98. The van der Waals surface area contributed by atoms with Gasteiger partial charge in [0.2, 0.25) is 0 Å². The summed E-state index contributed by atoms with van der Waals surface area (Å²) in [6.45, 7) is 1.81. The van der Waals surface area contributed by atoms with Crippen molar-refractivity contribution in [3.8, 4) is 5.69 Å². The lowest BCUT2D eigenvalue weighted by atomic mass is 10.1. The standard InChI is InChI=1S/C21H19F3N4O2/c1-12-26-19-18(27(12)2)16-11-13(20(30)25-9-10-29)3-8-17(16)28(19)15-6-4-14(5-7-15)21(22,23)24/h3-8,11,29H,9-10H2,1-2H3,(H,25,30). The van der Waals surface area contributed by atoms with E-state index in [9.17, 15) is 18.0 Å². The number of hydrogen-bond acceptors (Lipinski definition) is 3. The number of carbonyl (C=O) groups excluding carboxylic acids is 1. The highest BCUT2D eigenvalue weighted by Crippen LogP contribution is 2.34. The van der Waals surface area contributed by atoms with Gasteiger partial charge in [-0.15, -0.1) is 0 Å². The number of benzene rings is 2. The van der Waals surface area contributed by atoms with Crippen molar-refractivity contribution in [1.29, 1.82) is 0 Å². The lowest BCUT2D eigenvalue weighted by Crippen LogP contribution is -2.26. The monoisotopic (exact) mass is 416 g/mol. The number of hydrogen-bond donors (Lipinski definition) is 2. The number of carbonyl (C=O) groups is 1. The van der Waals surface area contributed by atoms with E-state index >= 15 is 0 Å². The fourth-order valence-corrected chi connectivity index (χ4v) is 3.56. The molecule has 0 spiro atoms. The number of nitrogens with zero attached hydrogens (tertiary/aromatic N) is 3. The first-order valence-corrected chi connectivity index (χ1v) is 9.26. The molecule has 30 heavy (non-hydrogen) atoms. The molecule has 0 aliphatic rings. The van der Waals surface area contributed by atoms with Gasteiger partial charge in [-0.2, -0.15) is 13.2 Å². The van der Waals surface area contributed by atoms with Gasteiger partial charge in [-0.1, -0.05) is 0 Å². The van der Waals surface area contributed by atoms with Gasteiger partial charge in [0.1, 0.15) is 5.82 Å². The van der Waals surface area contributed by atoms with E-state index in [-0.39, 0.29) is 19.1 Å². The Bertz CT molecular complexity index is 1250. The Labute approximate surface area is 169 Å². The molecule has 6 nitrogen and oxygen atoms in total. The molecule has 2 aromatic carbocycles. The smallest absolute Gasteiger partial charge is 0.395 e. The maximum absolute atomic E-state index is 13.0. The van der Waals surface area contributed by atoms with Crippen molar-refractivity contribution in [3.05, 3.63) is 59.4 Å². The Balaban J connectivity index is 1.93.